The van der Waals surface area contributed by atoms with Crippen LogP contribution < -0.4 is 5.73 Å². The maximum Gasteiger partial charge on any atom is 0.139 e. The number of alkyl halides is 1. The molecule has 1 aromatic carbocycles. The molecule has 68 valence electrons. The molecule has 0 radical (unpaired) electrons. The molecule has 0 aliphatic rings. The van der Waals surface area contributed by atoms with Gasteiger partial charge in [0.1, 0.15) is 6.17 Å². The van der Waals surface area contributed by atoms with Gasteiger partial charge in [0.05, 0.1) is 0 Å². The van der Waals surface area contributed by atoms with Crippen LogP contribution in [0.3, 0.4) is 0 Å². The van der Waals surface area contributed by atoms with Gasteiger partial charge in [0.25, 0.3) is 0 Å². The van der Waals surface area contributed by atoms with Gasteiger partial charge in [0.2, 0.25) is 0 Å². The molecule has 3 heteroatoms. The molecule has 0 aliphatic heterocycles. The molecule has 1 unspecified atom stereocenters. The Labute approximate surface area is 75.6 Å². The topological polar surface area (TPSA) is 41.8 Å². The van der Waals surface area contributed by atoms with Crippen LogP contribution in [0, 0.1) is 0 Å². The SMILES string of the molecule is NCC(F)c1c[nH]c2ccccc12. The minimum absolute atomic E-state index is 0.0296. The molecule has 2 nitrogen and oxygen atoms in total. The number of fused-ring (bicyclic) bond motifs is 1. The van der Waals surface area contributed by atoms with Crippen LogP contribution in [0.4, 0.5) is 4.39 Å². The maximum absolute atomic E-state index is 13.3. The van der Waals surface area contributed by atoms with E-state index in [4.69, 9.17) is 5.73 Å². The summed E-state index contributed by atoms with van der Waals surface area (Å²) in [5.74, 6) is 0. The Morgan fingerprint density at radius 2 is 2.15 bits per heavy atom. The van der Waals surface area contributed by atoms with Crippen molar-refractivity contribution in [2.45, 2.75) is 6.17 Å². The molecule has 0 amide bonds. The first kappa shape index (κ1) is 8.26. The third-order valence-corrected chi connectivity index (χ3v) is 2.17. The van der Waals surface area contributed by atoms with Crippen LogP contribution in [-0.2, 0) is 0 Å². The fraction of sp³-hybridized carbons (Fsp3) is 0.200. The fourth-order valence-corrected chi connectivity index (χ4v) is 1.48. The van der Waals surface area contributed by atoms with Crippen LogP contribution in [0.5, 0.6) is 0 Å². The molecule has 2 rings (SSSR count). The van der Waals surface area contributed by atoms with E-state index in [1.165, 1.54) is 0 Å². The molecule has 0 spiro atoms. The molecule has 3 N–H and O–H groups in total. The number of nitrogens with two attached hydrogens (primary N) is 1. The van der Waals surface area contributed by atoms with Crippen molar-refractivity contribution in [1.82, 2.24) is 4.98 Å². The molecule has 0 saturated carbocycles. The fourth-order valence-electron chi connectivity index (χ4n) is 1.48. The molecule has 0 saturated heterocycles. The summed E-state index contributed by atoms with van der Waals surface area (Å²) in [6, 6.07) is 7.62. The second-order valence-electron chi connectivity index (χ2n) is 2.99. The van der Waals surface area contributed by atoms with E-state index in [0.717, 1.165) is 10.9 Å². The molecular weight excluding hydrogens is 167 g/mol. The zero-order valence-corrected chi connectivity index (χ0v) is 7.13. The maximum atomic E-state index is 13.3. The van der Waals surface area contributed by atoms with Crippen LogP contribution in [0.15, 0.2) is 30.5 Å². The first-order chi connectivity index (χ1) is 6.33. The first-order valence-corrected chi connectivity index (χ1v) is 4.23. The highest BCUT2D eigenvalue weighted by atomic mass is 19.1. The van der Waals surface area contributed by atoms with E-state index in [-0.39, 0.29) is 6.54 Å². The predicted octanol–water partition coefficient (Wildman–Crippen LogP) is 2.14. The number of halogens is 1. The number of aromatic amines is 1. The van der Waals surface area contributed by atoms with Gasteiger partial charge in [-0.3, -0.25) is 0 Å². The number of benzene rings is 1. The van der Waals surface area contributed by atoms with Gasteiger partial charge < -0.3 is 10.7 Å². The highest BCUT2D eigenvalue weighted by molar-refractivity contribution is 5.83. The van der Waals surface area contributed by atoms with Crippen molar-refractivity contribution in [3.8, 4) is 0 Å². The van der Waals surface area contributed by atoms with Gasteiger partial charge in [0.15, 0.2) is 0 Å². The minimum Gasteiger partial charge on any atom is -0.361 e. The summed E-state index contributed by atoms with van der Waals surface area (Å²) in [5.41, 5.74) is 6.87. The Hall–Kier alpha value is -1.35. The molecule has 2 aromatic rings. The van der Waals surface area contributed by atoms with Gasteiger partial charge in [-0.05, 0) is 6.07 Å². The van der Waals surface area contributed by atoms with Gasteiger partial charge in [-0.1, -0.05) is 18.2 Å². The van der Waals surface area contributed by atoms with Crippen molar-refractivity contribution < 1.29 is 4.39 Å². The smallest absolute Gasteiger partial charge is 0.139 e. The molecule has 1 aromatic heterocycles. The largest absolute Gasteiger partial charge is 0.361 e. The number of para-hydroxylation sites is 1. The number of hydrogen-bond donors (Lipinski definition) is 2. The molecule has 13 heavy (non-hydrogen) atoms. The average molecular weight is 178 g/mol. The monoisotopic (exact) mass is 178 g/mol. The molecule has 0 fully saturated rings. The quantitative estimate of drug-likeness (QED) is 0.726. The number of aromatic nitrogens is 1. The Kier molecular flexibility index (Phi) is 2.02. The zero-order chi connectivity index (χ0) is 9.26. The standard InChI is InChI=1S/C10H11FN2/c11-9(5-12)8-6-13-10-4-2-1-3-7(8)10/h1-4,6,9,13H,5,12H2. The summed E-state index contributed by atoms with van der Waals surface area (Å²) in [7, 11) is 0. The van der Waals surface area contributed by atoms with E-state index >= 15 is 0 Å². The Bertz CT molecular complexity index is 408. The van der Waals surface area contributed by atoms with E-state index in [0.29, 0.717) is 5.56 Å². The normalized spacial score (nSPS) is 13.4. The van der Waals surface area contributed by atoms with Gasteiger partial charge in [-0.2, -0.15) is 0 Å². The second-order valence-corrected chi connectivity index (χ2v) is 2.99. The van der Waals surface area contributed by atoms with Crippen LogP contribution >= 0.6 is 0 Å². The molecule has 1 heterocycles. The van der Waals surface area contributed by atoms with E-state index in [1.807, 2.05) is 24.3 Å². The van der Waals surface area contributed by atoms with E-state index in [9.17, 15) is 4.39 Å². The van der Waals surface area contributed by atoms with Gasteiger partial charge in [-0.25, -0.2) is 4.39 Å². The highest BCUT2D eigenvalue weighted by Gasteiger charge is 2.11. The van der Waals surface area contributed by atoms with Crippen molar-refractivity contribution >= 4 is 10.9 Å². The van der Waals surface area contributed by atoms with E-state index in [2.05, 4.69) is 4.98 Å². The highest BCUT2D eigenvalue weighted by Crippen LogP contribution is 2.25. The first-order valence-electron chi connectivity index (χ1n) is 4.23. The van der Waals surface area contributed by atoms with Crippen molar-refractivity contribution in [2.75, 3.05) is 6.54 Å². The van der Waals surface area contributed by atoms with Gasteiger partial charge in [0, 0.05) is 29.2 Å². The number of H-pyrrole nitrogens is 1. The van der Waals surface area contributed by atoms with Gasteiger partial charge in [-0.15, -0.1) is 0 Å². The lowest BCUT2D eigenvalue weighted by molar-refractivity contribution is 0.355. The summed E-state index contributed by atoms with van der Waals surface area (Å²) >= 11 is 0. The van der Waals surface area contributed by atoms with Crippen molar-refractivity contribution in [2.24, 2.45) is 5.73 Å². The number of hydrogen-bond acceptors (Lipinski definition) is 1. The summed E-state index contributed by atoms with van der Waals surface area (Å²) in [5, 5.41) is 0.917. The van der Waals surface area contributed by atoms with E-state index < -0.39 is 6.17 Å². The summed E-state index contributed by atoms with van der Waals surface area (Å²) in [6.45, 7) is 0.0296. The number of nitrogens with one attached hydrogen (secondary N) is 1. The average Bonchev–Trinajstić information content (AvgIpc) is 2.60. The molecule has 1 atom stereocenters. The van der Waals surface area contributed by atoms with Crippen LogP contribution in [0.2, 0.25) is 0 Å². The number of rotatable bonds is 2. The second kappa shape index (κ2) is 3.18. The Morgan fingerprint density at radius 3 is 2.92 bits per heavy atom. The third-order valence-electron chi connectivity index (χ3n) is 2.17. The minimum atomic E-state index is -1.07. The van der Waals surface area contributed by atoms with Crippen LogP contribution in [-0.4, -0.2) is 11.5 Å². The zero-order valence-electron chi connectivity index (χ0n) is 7.13. The Morgan fingerprint density at radius 1 is 1.38 bits per heavy atom. The lowest BCUT2D eigenvalue weighted by Gasteiger charge is -2.01. The van der Waals surface area contributed by atoms with Crippen molar-refractivity contribution in [3.63, 3.8) is 0 Å². The predicted molar refractivity (Wildman–Crippen MR) is 51.2 cm³/mol. The summed E-state index contributed by atoms with van der Waals surface area (Å²) in [4.78, 5) is 3.01. The Balaban J connectivity index is 2.57. The summed E-state index contributed by atoms with van der Waals surface area (Å²) < 4.78 is 13.3. The lowest BCUT2D eigenvalue weighted by atomic mass is 10.1. The van der Waals surface area contributed by atoms with Crippen molar-refractivity contribution in [3.05, 3.63) is 36.0 Å². The molecule has 0 bridgehead atoms. The molecule has 0 aliphatic carbocycles. The van der Waals surface area contributed by atoms with Gasteiger partial charge >= 0.3 is 0 Å². The third kappa shape index (κ3) is 1.31. The van der Waals surface area contributed by atoms with E-state index in [1.54, 1.807) is 6.20 Å². The lowest BCUT2D eigenvalue weighted by Crippen LogP contribution is -2.06. The van der Waals surface area contributed by atoms with Crippen molar-refractivity contribution in [1.29, 1.82) is 0 Å². The van der Waals surface area contributed by atoms with Crippen LogP contribution in [0.25, 0.3) is 10.9 Å². The molecular formula is C10H11FN2. The van der Waals surface area contributed by atoms with Crippen LogP contribution in [0.1, 0.15) is 11.7 Å². The summed E-state index contributed by atoms with van der Waals surface area (Å²) in [6.07, 6.45) is 0.610.